The third kappa shape index (κ3) is 5.39. The molecule has 7 aliphatic rings. The second-order valence-corrected chi connectivity index (χ2v) is 21.2. The van der Waals surface area contributed by atoms with E-state index in [2.05, 4.69) is 34.1 Å². The van der Waals surface area contributed by atoms with Gasteiger partial charge >= 0.3 is 5.97 Å². The molecule has 0 aromatic heterocycles. The van der Waals surface area contributed by atoms with E-state index in [1.54, 1.807) is 19.1 Å². The van der Waals surface area contributed by atoms with Gasteiger partial charge in [-0.3, -0.25) is 43.6 Å². The molecule has 12 nitrogen and oxygen atoms in total. The Hall–Kier alpha value is -5.50. The summed E-state index contributed by atoms with van der Waals surface area (Å²) in [5, 5.41) is 2.31. The number of aryl methyl sites for hydroxylation is 1. The fourth-order valence-electron chi connectivity index (χ4n) is 10.8. The van der Waals surface area contributed by atoms with Gasteiger partial charge in [0.2, 0.25) is 5.91 Å². The van der Waals surface area contributed by atoms with Gasteiger partial charge in [0.15, 0.2) is 5.60 Å². The van der Waals surface area contributed by atoms with Crippen molar-refractivity contribution in [2.75, 3.05) is 26.2 Å². The van der Waals surface area contributed by atoms with E-state index in [0.717, 1.165) is 103 Å². The van der Waals surface area contributed by atoms with E-state index in [1.165, 1.54) is 34.1 Å². The quantitative estimate of drug-likeness (QED) is 0.196. The number of benzene rings is 3. The van der Waals surface area contributed by atoms with Crippen molar-refractivity contribution in [2.24, 2.45) is 5.73 Å². The first kappa shape index (κ1) is 36.8. The number of rotatable bonds is 9. The zero-order valence-electron chi connectivity index (χ0n) is 32.5. The van der Waals surface area contributed by atoms with E-state index in [1.807, 2.05) is 12.1 Å². The van der Waals surface area contributed by atoms with Gasteiger partial charge in [0.1, 0.15) is 8.07 Å². The fraction of sp³-hybridized carbons (Fsp3) is 0.378. The summed E-state index contributed by atoms with van der Waals surface area (Å²) in [5.74, 6) is -2.30. The number of imide groups is 2. The van der Waals surface area contributed by atoms with Crippen molar-refractivity contribution in [1.29, 1.82) is 0 Å². The zero-order chi connectivity index (χ0) is 40.1. The van der Waals surface area contributed by atoms with Crippen molar-refractivity contribution in [1.82, 2.24) is 19.6 Å². The number of hydrogen-bond acceptors (Lipinski definition) is 9. The average molecular weight is 796 g/mol. The summed E-state index contributed by atoms with van der Waals surface area (Å²) in [6.45, 7) is 4.94. The molecule has 2 atom stereocenters. The Bertz CT molecular complexity index is 2280. The van der Waals surface area contributed by atoms with Crippen molar-refractivity contribution in [3.8, 4) is 0 Å². The van der Waals surface area contributed by atoms with Crippen molar-refractivity contribution < 1.29 is 33.5 Å². The highest BCUT2D eigenvalue weighted by Gasteiger charge is 2.59. The van der Waals surface area contributed by atoms with Gasteiger partial charge in [-0.15, -0.1) is 0 Å². The maximum absolute atomic E-state index is 14.1. The molecule has 0 aliphatic carbocycles. The van der Waals surface area contributed by atoms with Crippen LogP contribution in [0, 0.1) is 6.92 Å². The van der Waals surface area contributed by atoms with E-state index in [0.29, 0.717) is 35.1 Å². The monoisotopic (exact) mass is 795 g/mol. The van der Waals surface area contributed by atoms with Crippen LogP contribution in [0.3, 0.4) is 0 Å². The highest BCUT2D eigenvalue weighted by Crippen LogP contribution is 2.51. The standard InChI is InChI=1S/C45H45N5O7Si/c1-27-21-31-34(26-30(27)43(46)55)45(57-44(31)56)32-9-7-28(24-37(47-15-5-16-47)49-39(51)11-12-40(49)52)22-35(32)58(19-3-2-4-20-58)36-23-29(8-10-33(36)45)25-38(48-17-6-18-48)50-41(53)13-14-42(50)54/h7-14,21-23,26,37-38H,2-6,15-20,24-25H2,1H3,(H2,46,55). The van der Waals surface area contributed by atoms with Crippen LogP contribution in [0.2, 0.25) is 12.1 Å². The Kier molecular flexibility index (Phi) is 8.59. The van der Waals surface area contributed by atoms with Crippen LogP contribution in [0.5, 0.6) is 0 Å². The molecular formula is C45H45N5O7Si. The Morgan fingerprint density at radius 3 is 1.59 bits per heavy atom. The van der Waals surface area contributed by atoms with E-state index >= 15 is 0 Å². The van der Waals surface area contributed by atoms with Gasteiger partial charge in [0.05, 0.1) is 17.9 Å². The van der Waals surface area contributed by atoms with Gasteiger partial charge in [-0.05, 0) is 71.1 Å². The lowest BCUT2D eigenvalue weighted by Crippen LogP contribution is -2.67. The lowest BCUT2D eigenvalue weighted by atomic mass is 9.77. The predicted octanol–water partition coefficient (Wildman–Crippen LogP) is 2.62. The SMILES string of the molecule is Cc1cc2c(cc1C(N)=O)C1(OC2=O)c2ccc(CC(N3CCC3)N3C(=O)C=CC3=O)cc2[Si]2(CCCCC2)c2cc(CC(N3CCC3)N3C(=O)C=CC3=O)ccc21. The minimum absolute atomic E-state index is 0.307. The van der Waals surface area contributed by atoms with Crippen molar-refractivity contribution in [3.63, 3.8) is 0 Å². The third-order valence-electron chi connectivity index (χ3n) is 13.9. The minimum atomic E-state index is -2.65. The molecule has 13 heteroatoms. The van der Waals surface area contributed by atoms with Crippen LogP contribution in [0.4, 0.5) is 0 Å². The van der Waals surface area contributed by atoms with Gasteiger partial charge < -0.3 is 10.5 Å². The largest absolute Gasteiger partial charge is 0.441 e. The molecule has 3 aromatic carbocycles. The number of hydrogen-bond donors (Lipinski definition) is 1. The summed E-state index contributed by atoms with van der Waals surface area (Å²) in [5.41, 5.74) is 10.2. The molecule has 3 fully saturated rings. The summed E-state index contributed by atoms with van der Waals surface area (Å²) in [6.07, 6.45) is 10.6. The zero-order valence-corrected chi connectivity index (χ0v) is 33.5. The number of esters is 1. The topological polar surface area (TPSA) is 151 Å². The van der Waals surface area contributed by atoms with Crippen LogP contribution >= 0.6 is 0 Å². The molecular weight excluding hydrogens is 751 g/mol. The fourth-order valence-corrected chi connectivity index (χ4v) is 16.6. The van der Waals surface area contributed by atoms with E-state index in [9.17, 15) is 28.8 Å². The number of carbonyl (C=O) groups is 6. The second-order valence-electron chi connectivity index (χ2n) is 17.0. The van der Waals surface area contributed by atoms with E-state index in [4.69, 9.17) is 10.5 Å². The first-order valence-corrected chi connectivity index (χ1v) is 23.0. The van der Waals surface area contributed by atoms with E-state index < -0.39 is 37.9 Å². The molecule has 10 rings (SSSR count). The number of nitrogens with zero attached hydrogens (tertiary/aromatic N) is 4. The molecule has 2 unspecified atom stereocenters. The molecule has 296 valence electrons. The maximum Gasteiger partial charge on any atom is 0.340 e. The third-order valence-corrected chi connectivity index (χ3v) is 19.2. The number of carbonyl (C=O) groups excluding carboxylic acids is 6. The first-order chi connectivity index (χ1) is 28.0. The molecule has 7 aliphatic heterocycles. The normalized spacial score (nSPS) is 24.2. The summed E-state index contributed by atoms with van der Waals surface area (Å²) < 4.78 is 6.73. The van der Waals surface area contributed by atoms with Crippen molar-refractivity contribution >= 4 is 54.0 Å². The Morgan fingerprint density at radius 1 is 0.672 bits per heavy atom. The van der Waals surface area contributed by atoms with Crippen LogP contribution in [0.25, 0.3) is 0 Å². The van der Waals surface area contributed by atoms with Gasteiger partial charge in [-0.25, -0.2) is 4.79 Å². The predicted molar refractivity (Wildman–Crippen MR) is 216 cm³/mol. The lowest BCUT2D eigenvalue weighted by Gasteiger charge is -2.49. The lowest BCUT2D eigenvalue weighted by molar-refractivity contribution is -0.147. The summed E-state index contributed by atoms with van der Waals surface area (Å²) in [7, 11) is -2.65. The molecule has 7 heterocycles. The Balaban J connectivity index is 1.17. The van der Waals surface area contributed by atoms with Crippen molar-refractivity contribution in [3.05, 3.63) is 117 Å². The van der Waals surface area contributed by atoms with Crippen LogP contribution in [-0.2, 0) is 42.4 Å². The highest BCUT2D eigenvalue weighted by molar-refractivity contribution is 7.03. The molecule has 58 heavy (non-hydrogen) atoms. The second kappa shape index (κ2) is 13.5. The van der Waals surface area contributed by atoms with Gasteiger partial charge in [0, 0.05) is 85.6 Å². The number of ether oxygens (including phenoxy) is 1. The van der Waals surface area contributed by atoms with Gasteiger partial charge in [-0.2, -0.15) is 0 Å². The Morgan fingerprint density at radius 2 is 1.16 bits per heavy atom. The van der Waals surface area contributed by atoms with Crippen molar-refractivity contribution in [2.45, 2.75) is 81.9 Å². The number of nitrogens with two attached hydrogens (primary N) is 1. The minimum Gasteiger partial charge on any atom is -0.441 e. The number of primary amides is 1. The molecule has 0 bridgehead atoms. The molecule has 2 spiro atoms. The van der Waals surface area contributed by atoms with Crippen LogP contribution in [-0.4, -0.2) is 102 Å². The molecule has 0 radical (unpaired) electrons. The summed E-state index contributed by atoms with van der Waals surface area (Å²) >= 11 is 0. The summed E-state index contributed by atoms with van der Waals surface area (Å²) in [4.78, 5) is 86.3. The molecule has 3 aromatic rings. The molecule has 2 N–H and O–H groups in total. The van der Waals surface area contributed by atoms with Crippen LogP contribution in [0.1, 0.15) is 86.2 Å². The number of likely N-dealkylation sites (tertiary alicyclic amines) is 2. The number of fused-ring (bicyclic) bond motifs is 8. The smallest absolute Gasteiger partial charge is 0.340 e. The van der Waals surface area contributed by atoms with Crippen LogP contribution in [0.15, 0.2) is 72.8 Å². The number of amides is 5. The Labute approximate surface area is 337 Å². The van der Waals surface area contributed by atoms with Gasteiger partial charge in [0.25, 0.3) is 23.6 Å². The average Bonchev–Trinajstić information content (AvgIpc) is 3.78. The maximum atomic E-state index is 14.1. The molecule has 0 saturated carbocycles. The molecule has 3 saturated heterocycles. The highest BCUT2D eigenvalue weighted by atomic mass is 28.3. The van der Waals surface area contributed by atoms with Gasteiger partial charge in [-0.1, -0.05) is 55.7 Å². The van der Waals surface area contributed by atoms with E-state index in [-0.39, 0.29) is 23.6 Å². The molecule has 5 amide bonds. The first-order valence-electron chi connectivity index (χ1n) is 20.5. The summed E-state index contributed by atoms with van der Waals surface area (Å²) in [6, 6.07) is 18.2. The van der Waals surface area contributed by atoms with Crippen LogP contribution < -0.4 is 16.1 Å².